The summed E-state index contributed by atoms with van der Waals surface area (Å²) in [6.07, 6.45) is 8.38. The third kappa shape index (κ3) is 3.74. The van der Waals surface area contributed by atoms with E-state index in [2.05, 4.69) is 24.5 Å². The SMILES string of the molecule is CC1CCC(CCC2CCC(C)CN2)NC1. The second kappa shape index (κ2) is 6.02. The van der Waals surface area contributed by atoms with Gasteiger partial charge in [0.25, 0.3) is 0 Å². The van der Waals surface area contributed by atoms with Crippen LogP contribution in [-0.2, 0) is 0 Å². The van der Waals surface area contributed by atoms with E-state index < -0.39 is 0 Å². The van der Waals surface area contributed by atoms with E-state index in [1.165, 1.54) is 51.6 Å². The van der Waals surface area contributed by atoms with Gasteiger partial charge < -0.3 is 10.6 Å². The number of rotatable bonds is 3. The summed E-state index contributed by atoms with van der Waals surface area (Å²) in [4.78, 5) is 0. The van der Waals surface area contributed by atoms with Crippen molar-refractivity contribution in [3.8, 4) is 0 Å². The maximum atomic E-state index is 3.69. The quantitative estimate of drug-likeness (QED) is 0.770. The molecule has 2 N–H and O–H groups in total. The molecule has 94 valence electrons. The Labute approximate surface area is 101 Å². The van der Waals surface area contributed by atoms with E-state index >= 15 is 0 Å². The molecule has 4 atom stereocenters. The molecule has 0 aromatic heterocycles. The lowest BCUT2D eigenvalue weighted by Crippen LogP contribution is -2.41. The first-order valence-corrected chi connectivity index (χ1v) is 7.21. The summed E-state index contributed by atoms with van der Waals surface area (Å²) in [5.41, 5.74) is 0. The monoisotopic (exact) mass is 224 g/mol. The van der Waals surface area contributed by atoms with Gasteiger partial charge in [-0.3, -0.25) is 0 Å². The maximum Gasteiger partial charge on any atom is 0.00678 e. The molecule has 0 amide bonds. The largest absolute Gasteiger partial charge is 0.314 e. The summed E-state index contributed by atoms with van der Waals surface area (Å²) in [6.45, 7) is 7.18. The van der Waals surface area contributed by atoms with Gasteiger partial charge in [0.1, 0.15) is 0 Å². The molecule has 0 spiro atoms. The smallest absolute Gasteiger partial charge is 0.00678 e. The van der Waals surface area contributed by atoms with Gasteiger partial charge in [-0.05, 0) is 63.5 Å². The van der Waals surface area contributed by atoms with Crippen LogP contribution < -0.4 is 10.6 Å². The Morgan fingerprint density at radius 3 is 1.50 bits per heavy atom. The molecule has 0 aliphatic carbocycles. The van der Waals surface area contributed by atoms with E-state index in [4.69, 9.17) is 0 Å². The zero-order chi connectivity index (χ0) is 11.4. The van der Waals surface area contributed by atoms with Crippen LogP contribution in [0.15, 0.2) is 0 Å². The summed E-state index contributed by atoms with van der Waals surface area (Å²) >= 11 is 0. The van der Waals surface area contributed by atoms with Crippen LogP contribution in [-0.4, -0.2) is 25.2 Å². The van der Waals surface area contributed by atoms with Gasteiger partial charge in [-0.1, -0.05) is 13.8 Å². The van der Waals surface area contributed by atoms with Crippen LogP contribution in [0.1, 0.15) is 52.4 Å². The fraction of sp³-hybridized carbons (Fsp3) is 1.00. The molecule has 0 saturated carbocycles. The predicted molar refractivity (Wildman–Crippen MR) is 69.6 cm³/mol. The summed E-state index contributed by atoms with van der Waals surface area (Å²) in [6, 6.07) is 1.61. The van der Waals surface area contributed by atoms with Crippen molar-refractivity contribution in [1.29, 1.82) is 0 Å². The molecule has 2 rings (SSSR count). The Balaban J connectivity index is 1.60. The fourth-order valence-electron chi connectivity index (χ4n) is 3.01. The van der Waals surface area contributed by atoms with Crippen LogP contribution in [0.25, 0.3) is 0 Å². The highest BCUT2D eigenvalue weighted by atomic mass is 14.9. The van der Waals surface area contributed by atoms with E-state index in [1.807, 2.05) is 0 Å². The highest BCUT2D eigenvalue weighted by Gasteiger charge is 2.21. The van der Waals surface area contributed by atoms with Crippen LogP contribution in [0.3, 0.4) is 0 Å². The summed E-state index contributed by atoms with van der Waals surface area (Å²) in [7, 11) is 0. The van der Waals surface area contributed by atoms with Gasteiger partial charge in [0.05, 0.1) is 0 Å². The first kappa shape index (κ1) is 12.4. The Hall–Kier alpha value is -0.0800. The molecule has 4 unspecified atom stereocenters. The van der Waals surface area contributed by atoms with Crippen molar-refractivity contribution in [2.45, 2.75) is 64.5 Å². The lowest BCUT2D eigenvalue weighted by molar-refractivity contribution is 0.272. The van der Waals surface area contributed by atoms with E-state index in [0.717, 1.165) is 23.9 Å². The van der Waals surface area contributed by atoms with E-state index in [0.29, 0.717) is 0 Å². The number of nitrogens with one attached hydrogen (secondary N) is 2. The van der Waals surface area contributed by atoms with Crippen molar-refractivity contribution in [2.75, 3.05) is 13.1 Å². The second-order valence-electron chi connectivity index (χ2n) is 6.15. The zero-order valence-electron chi connectivity index (χ0n) is 11.0. The average Bonchev–Trinajstić information content (AvgIpc) is 2.30. The molecule has 2 heterocycles. The normalized spacial score (nSPS) is 40.9. The van der Waals surface area contributed by atoms with Crippen molar-refractivity contribution < 1.29 is 0 Å². The van der Waals surface area contributed by atoms with Crippen molar-refractivity contribution in [3.63, 3.8) is 0 Å². The molecule has 0 radical (unpaired) electrons. The minimum atomic E-state index is 0.803. The molecule has 2 saturated heterocycles. The minimum absolute atomic E-state index is 0.803. The Morgan fingerprint density at radius 1 is 0.750 bits per heavy atom. The summed E-state index contributed by atoms with van der Waals surface area (Å²) in [5.74, 6) is 1.79. The molecule has 0 aromatic rings. The van der Waals surface area contributed by atoms with Crippen LogP contribution in [0, 0.1) is 11.8 Å². The van der Waals surface area contributed by atoms with Gasteiger partial charge in [-0.25, -0.2) is 0 Å². The summed E-state index contributed by atoms with van der Waals surface area (Å²) < 4.78 is 0. The number of hydrogen-bond acceptors (Lipinski definition) is 2. The fourth-order valence-corrected chi connectivity index (χ4v) is 3.01. The van der Waals surface area contributed by atoms with Gasteiger partial charge in [-0.2, -0.15) is 0 Å². The highest BCUT2D eigenvalue weighted by Crippen LogP contribution is 2.20. The van der Waals surface area contributed by atoms with Crippen molar-refractivity contribution in [1.82, 2.24) is 10.6 Å². The highest BCUT2D eigenvalue weighted by molar-refractivity contribution is 4.80. The molecule has 0 bridgehead atoms. The van der Waals surface area contributed by atoms with Gasteiger partial charge in [0.2, 0.25) is 0 Å². The number of piperidine rings is 2. The van der Waals surface area contributed by atoms with Crippen molar-refractivity contribution in [2.24, 2.45) is 11.8 Å². The van der Waals surface area contributed by atoms with Gasteiger partial charge in [-0.15, -0.1) is 0 Å². The summed E-state index contributed by atoms with van der Waals surface area (Å²) in [5, 5.41) is 7.38. The van der Waals surface area contributed by atoms with Crippen molar-refractivity contribution in [3.05, 3.63) is 0 Å². The lowest BCUT2D eigenvalue weighted by atomic mass is 9.89. The van der Waals surface area contributed by atoms with Crippen LogP contribution in [0.2, 0.25) is 0 Å². The van der Waals surface area contributed by atoms with Gasteiger partial charge in [0, 0.05) is 12.1 Å². The molecule has 16 heavy (non-hydrogen) atoms. The van der Waals surface area contributed by atoms with Crippen LogP contribution >= 0.6 is 0 Å². The van der Waals surface area contributed by atoms with Crippen molar-refractivity contribution >= 4 is 0 Å². The van der Waals surface area contributed by atoms with E-state index in [-0.39, 0.29) is 0 Å². The molecular formula is C14H28N2. The molecule has 2 aliphatic rings. The third-order valence-electron chi connectivity index (χ3n) is 4.39. The second-order valence-corrected chi connectivity index (χ2v) is 6.15. The molecule has 2 fully saturated rings. The molecule has 2 heteroatoms. The Kier molecular flexibility index (Phi) is 4.66. The maximum absolute atomic E-state index is 3.69. The Bertz CT molecular complexity index is 167. The van der Waals surface area contributed by atoms with Crippen LogP contribution in [0.4, 0.5) is 0 Å². The van der Waals surface area contributed by atoms with E-state index in [9.17, 15) is 0 Å². The zero-order valence-corrected chi connectivity index (χ0v) is 11.0. The first-order valence-electron chi connectivity index (χ1n) is 7.21. The standard InChI is InChI=1S/C14H28N2/c1-11-3-5-13(15-9-11)7-8-14-6-4-12(2)10-16-14/h11-16H,3-10H2,1-2H3. The predicted octanol–water partition coefficient (Wildman–Crippen LogP) is 2.54. The van der Waals surface area contributed by atoms with Gasteiger partial charge in [0.15, 0.2) is 0 Å². The topological polar surface area (TPSA) is 24.1 Å². The number of hydrogen-bond donors (Lipinski definition) is 2. The molecule has 0 aromatic carbocycles. The first-order chi connectivity index (χ1) is 7.74. The molecular weight excluding hydrogens is 196 g/mol. The van der Waals surface area contributed by atoms with Gasteiger partial charge >= 0.3 is 0 Å². The minimum Gasteiger partial charge on any atom is -0.314 e. The molecule has 2 aliphatic heterocycles. The molecule has 2 nitrogen and oxygen atoms in total. The van der Waals surface area contributed by atoms with Crippen LogP contribution in [0.5, 0.6) is 0 Å². The lowest BCUT2D eigenvalue weighted by Gasteiger charge is -2.31. The van der Waals surface area contributed by atoms with E-state index in [1.54, 1.807) is 0 Å². The Morgan fingerprint density at radius 2 is 1.19 bits per heavy atom. The average molecular weight is 224 g/mol. The third-order valence-corrected chi connectivity index (χ3v) is 4.39.